The van der Waals surface area contributed by atoms with Gasteiger partial charge in [0.15, 0.2) is 5.78 Å². The first-order valence-electron chi connectivity index (χ1n) is 5.72. The van der Waals surface area contributed by atoms with Crippen molar-refractivity contribution in [1.29, 1.82) is 0 Å². The third-order valence-electron chi connectivity index (χ3n) is 2.37. The molecule has 5 heteroatoms. The van der Waals surface area contributed by atoms with E-state index in [9.17, 15) is 9.59 Å². The summed E-state index contributed by atoms with van der Waals surface area (Å²) in [6.45, 7) is 5.19. The number of aliphatic carboxylic acids is 1. The number of carbonyl (C=O) groups is 2. The van der Waals surface area contributed by atoms with E-state index in [2.05, 4.69) is 5.32 Å². The highest BCUT2D eigenvalue weighted by Gasteiger charge is 2.21. The number of nitrogens with one attached hydrogen (secondary N) is 1. The number of carboxylic acids is 1. The Morgan fingerprint density at radius 1 is 1.21 bits per heavy atom. The van der Waals surface area contributed by atoms with Crippen LogP contribution < -0.4 is 5.32 Å². The smallest absolute Gasteiger partial charge is 0.352 e. The molecule has 4 nitrogen and oxygen atoms in total. The Balaban J connectivity index is 2.97. The monoisotopic (exact) mass is 281 g/mol. The number of ketones is 1. The number of carbonyl (C=O) groups excluding carboxylic acids is 1. The molecule has 0 fully saturated rings. The van der Waals surface area contributed by atoms with Crippen molar-refractivity contribution in [2.75, 3.05) is 5.32 Å². The van der Waals surface area contributed by atoms with Gasteiger partial charge in [0, 0.05) is 22.2 Å². The molecule has 0 aliphatic heterocycles. The minimum Gasteiger partial charge on any atom is -0.477 e. The second kappa shape index (κ2) is 5.89. The number of anilines is 1. The van der Waals surface area contributed by atoms with Gasteiger partial charge < -0.3 is 10.4 Å². The van der Waals surface area contributed by atoms with Crippen LogP contribution in [0.4, 0.5) is 5.69 Å². The lowest BCUT2D eigenvalue weighted by molar-refractivity contribution is -0.133. The molecule has 0 spiro atoms. The lowest BCUT2D eigenvalue weighted by Gasteiger charge is -2.14. The fraction of sp³-hybridized carbons (Fsp3) is 0.286. The van der Waals surface area contributed by atoms with Crippen LogP contribution in [0.1, 0.15) is 20.8 Å². The van der Waals surface area contributed by atoms with E-state index in [-0.39, 0.29) is 11.5 Å². The number of benzene rings is 1. The van der Waals surface area contributed by atoms with Gasteiger partial charge in [0.1, 0.15) is 5.70 Å². The van der Waals surface area contributed by atoms with Crippen molar-refractivity contribution in [3.05, 3.63) is 41.1 Å². The summed E-state index contributed by atoms with van der Waals surface area (Å²) >= 11 is 5.74. The fourth-order valence-electron chi connectivity index (χ4n) is 1.19. The van der Waals surface area contributed by atoms with Crippen LogP contribution in [0.2, 0.25) is 5.02 Å². The van der Waals surface area contributed by atoms with Crippen molar-refractivity contribution < 1.29 is 14.7 Å². The van der Waals surface area contributed by atoms with Crippen molar-refractivity contribution in [2.24, 2.45) is 5.41 Å². The molecule has 1 aromatic rings. The molecule has 1 rings (SSSR count). The fourth-order valence-corrected chi connectivity index (χ4v) is 1.31. The number of carboxylic acid groups (broad SMARTS) is 1. The molecular weight excluding hydrogens is 266 g/mol. The van der Waals surface area contributed by atoms with E-state index < -0.39 is 11.4 Å². The molecule has 0 heterocycles. The maximum absolute atomic E-state index is 11.8. The molecule has 0 aliphatic carbocycles. The lowest BCUT2D eigenvalue weighted by Crippen LogP contribution is -2.21. The van der Waals surface area contributed by atoms with Crippen molar-refractivity contribution >= 4 is 29.0 Å². The third kappa shape index (κ3) is 4.75. The Bertz CT molecular complexity index is 512. The molecule has 0 bridgehead atoms. The lowest BCUT2D eigenvalue weighted by atomic mass is 9.90. The molecule has 19 heavy (non-hydrogen) atoms. The molecular formula is C14H16ClNO3. The highest BCUT2D eigenvalue weighted by Crippen LogP contribution is 2.18. The quantitative estimate of drug-likeness (QED) is 0.831. The molecule has 0 saturated heterocycles. The van der Waals surface area contributed by atoms with Crippen LogP contribution in [0.3, 0.4) is 0 Å². The second-order valence-electron chi connectivity index (χ2n) is 5.11. The van der Waals surface area contributed by atoms with E-state index in [1.54, 1.807) is 45.0 Å². The predicted octanol–water partition coefficient (Wildman–Crippen LogP) is 3.34. The van der Waals surface area contributed by atoms with E-state index in [4.69, 9.17) is 16.7 Å². The van der Waals surface area contributed by atoms with Crippen LogP contribution in [-0.4, -0.2) is 16.9 Å². The van der Waals surface area contributed by atoms with Crippen molar-refractivity contribution in [1.82, 2.24) is 0 Å². The predicted molar refractivity (Wildman–Crippen MR) is 75.3 cm³/mol. The Hall–Kier alpha value is -1.81. The molecule has 0 saturated carbocycles. The molecule has 1 aromatic carbocycles. The molecule has 0 atom stereocenters. The van der Waals surface area contributed by atoms with E-state index in [0.717, 1.165) is 6.08 Å². The van der Waals surface area contributed by atoms with E-state index >= 15 is 0 Å². The van der Waals surface area contributed by atoms with Gasteiger partial charge in [-0.3, -0.25) is 4.79 Å². The molecule has 0 radical (unpaired) electrons. The summed E-state index contributed by atoms with van der Waals surface area (Å²) < 4.78 is 0. The number of rotatable bonds is 4. The van der Waals surface area contributed by atoms with Gasteiger partial charge in [0.25, 0.3) is 0 Å². The standard InChI is InChI=1S/C14H16ClNO3/c1-14(2,3)12(17)8-11(13(18)19)16-10-6-4-9(15)5-7-10/h4-8,16H,1-3H3,(H,18,19)/b11-8-. The van der Waals surface area contributed by atoms with Gasteiger partial charge in [-0.1, -0.05) is 32.4 Å². The Morgan fingerprint density at radius 2 is 1.74 bits per heavy atom. The average Bonchev–Trinajstić information content (AvgIpc) is 2.29. The van der Waals surface area contributed by atoms with Crippen LogP contribution in [0, 0.1) is 5.41 Å². The van der Waals surface area contributed by atoms with Gasteiger partial charge >= 0.3 is 5.97 Å². The Kier molecular flexibility index (Phi) is 4.72. The van der Waals surface area contributed by atoms with Crippen LogP contribution in [0.15, 0.2) is 36.0 Å². The normalized spacial score (nSPS) is 12.1. The van der Waals surface area contributed by atoms with Gasteiger partial charge in [-0.05, 0) is 24.3 Å². The van der Waals surface area contributed by atoms with Crippen molar-refractivity contribution in [3.63, 3.8) is 0 Å². The minimum absolute atomic E-state index is 0.165. The van der Waals surface area contributed by atoms with Crippen LogP contribution >= 0.6 is 11.6 Å². The number of allylic oxidation sites excluding steroid dienone is 1. The van der Waals surface area contributed by atoms with Crippen LogP contribution in [0.25, 0.3) is 0 Å². The molecule has 0 aliphatic rings. The zero-order valence-corrected chi connectivity index (χ0v) is 11.8. The summed E-state index contributed by atoms with van der Waals surface area (Å²) in [6, 6.07) is 6.55. The van der Waals surface area contributed by atoms with Crippen LogP contribution in [-0.2, 0) is 9.59 Å². The first kappa shape index (κ1) is 15.2. The van der Waals surface area contributed by atoms with Crippen molar-refractivity contribution in [2.45, 2.75) is 20.8 Å². The average molecular weight is 282 g/mol. The van der Waals surface area contributed by atoms with Crippen LogP contribution in [0.5, 0.6) is 0 Å². The van der Waals surface area contributed by atoms with E-state index in [1.165, 1.54) is 0 Å². The highest BCUT2D eigenvalue weighted by atomic mass is 35.5. The first-order valence-corrected chi connectivity index (χ1v) is 6.10. The number of halogens is 1. The van der Waals surface area contributed by atoms with Gasteiger partial charge in [-0.2, -0.15) is 0 Å². The molecule has 2 N–H and O–H groups in total. The zero-order valence-electron chi connectivity index (χ0n) is 11.0. The Labute approximate surface area is 117 Å². The molecule has 0 aromatic heterocycles. The van der Waals surface area contributed by atoms with E-state index in [0.29, 0.717) is 10.7 Å². The topological polar surface area (TPSA) is 66.4 Å². The molecule has 0 amide bonds. The minimum atomic E-state index is -1.19. The summed E-state index contributed by atoms with van der Waals surface area (Å²) in [5.41, 5.74) is -0.232. The van der Waals surface area contributed by atoms with Gasteiger partial charge in [0.05, 0.1) is 0 Å². The summed E-state index contributed by atoms with van der Waals surface area (Å²) in [6.07, 6.45) is 1.11. The molecule has 102 valence electrons. The molecule has 0 unspecified atom stereocenters. The largest absolute Gasteiger partial charge is 0.477 e. The zero-order chi connectivity index (χ0) is 14.6. The number of hydrogen-bond acceptors (Lipinski definition) is 3. The Morgan fingerprint density at radius 3 is 2.16 bits per heavy atom. The third-order valence-corrected chi connectivity index (χ3v) is 2.62. The maximum atomic E-state index is 11.8. The van der Waals surface area contributed by atoms with Gasteiger partial charge in [-0.15, -0.1) is 0 Å². The maximum Gasteiger partial charge on any atom is 0.352 e. The second-order valence-corrected chi connectivity index (χ2v) is 5.55. The summed E-state index contributed by atoms with van der Waals surface area (Å²) in [4.78, 5) is 22.9. The van der Waals surface area contributed by atoms with Gasteiger partial charge in [0.2, 0.25) is 0 Å². The summed E-state index contributed by atoms with van der Waals surface area (Å²) in [5.74, 6) is -1.45. The highest BCUT2D eigenvalue weighted by molar-refractivity contribution is 6.30. The SMILES string of the molecule is CC(C)(C)C(=O)/C=C(\Nc1ccc(Cl)cc1)C(=O)O. The van der Waals surface area contributed by atoms with Crippen molar-refractivity contribution in [3.8, 4) is 0 Å². The van der Waals surface area contributed by atoms with E-state index in [1.807, 2.05) is 0 Å². The van der Waals surface area contributed by atoms with Gasteiger partial charge in [-0.25, -0.2) is 4.79 Å². The summed E-state index contributed by atoms with van der Waals surface area (Å²) in [5, 5.41) is 12.3. The first-order chi connectivity index (χ1) is 8.70. The summed E-state index contributed by atoms with van der Waals surface area (Å²) in [7, 11) is 0. The number of hydrogen-bond donors (Lipinski definition) is 2.